The predicted octanol–water partition coefficient (Wildman–Crippen LogP) is 4.58. The number of nitrogens with one attached hydrogen (secondary N) is 1. The Kier molecular flexibility index (Phi) is 4.25. The first-order chi connectivity index (χ1) is 8.79. The van der Waals surface area contributed by atoms with E-state index < -0.39 is 10.0 Å². The van der Waals surface area contributed by atoms with Crippen LogP contribution in [0.1, 0.15) is 10.4 Å². The quantitative estimate of drug-likeness (QED) is 0.847. The van der Waals surface area contributed by atoms with Crippen LogP contribution in [-0.4, -0.2) is 8.42 Å². The van der Waals surface area contributed by atoms with Gasteiger partial charge in [-0.3, -0.25) is 4.72 Å². The number of anilines is 1. The summed E-state index contributed by atoms with van der Waals surface area (Å²) in [4.78, 5) is 1.02. The van der Waals surface area contributed by atoms with Gasteiger partial charge in [-0.15, -0.1) is 11.3 Å². The number of hydrogen-bond acceptors (Lipinski definition) is 3. The van der Waals surface area contributed by atoms with Gasteiger partial charge in [0.2, 0.25) is 0 Å². The lowest BCUT2D eigenvalue weighted by molar-refractivity contribution is 0.601. The van der Waals surface area contributed by atoms with Crippen LogP contribution in [0.25, 0.3) is 0 Å². The molecule has 0 amide bonds. The molecule has 2 aromatic rings. The topological polar surface area (TPSA) is 46.2 Å². The molecule has 19 heavy (non-hydrogen) atoms. The largest absolute Gasteiger partial charge is 0.279 e. The van der Waals surface area contributed by atoms with Crippen LogP contribution in [0.3, 0.4) is 0 Å². The molecule has 0 spiro atoms. The molecule has 0 aliphatic rings. The summed E-state index contributed by atoms with van der Waals surface area (Å²) < 4.78 is 28.0. The van der Waals surface area contributed by atoms with Gasteiger partial charge in [-0.25, -0.2) is 8.42 Å². The Bertz CT molecular complexity index is 725. The summed E-state index contributed by atoms with van der Waals surface area (Å²) >= 11 is 10.6. The summed E-state index contributed by atoms with van der Waals surface area (Å²) in [5.74, 6) is 0. The van der Waals surface area contributed by atoms with Gasteiger partial charge in [-0.2, -0.15) is 0 Å². The fourth-order valence-corrected chi connectivity index (χ4v) is 5.31. The molecule has 0 fully saturated rings. The summed E-state index contributed by atoms with van der Waals surface area (Å²) in [6.45, 7) is 3.60. The van der Waals surface area contributed by atoms with Crippen LogP contribution in [0.4, 0.5) is 5.69 Å². The number of sulfonamides is 1. The Hall–Kier alpha value is -0.560. The second-order valence-electron chi connectivity index (χ2n) is 4.04. The summed E-state index contributed by atoms with van der Waals surface area (Å²) in [5.41, 5.74) is 1.31. The number of aryl methyl sites for hydroxylation is 2. The highest BCUT2D eigenvalue weighted by Crippen LogP contribution is 2.31. The molecule has 7 heteroatoms. The third kappa shape index (κ3) is 3.31. The van der Waals surface area contributed by atoms with Crippen LogP contribution in [0.5, 0.6) is 0 Å². The van der Waals surface area contributed by atoms with Crippen molar-refractivity contribution in [1.82, 2.24) is 0 Å². The van der Waals surface area contributed by atoms with Gasteiger partial charge in [-0.05, 0) is 53.5 Å². The summed E-state index contributed by atoms with van der Waals surface area (Å²) in [6, 6.07) is 6.70. The zero-order chi connectivity index (χ0) is 14.2. The second-order valence-corrected chi connectivity index (χ2v) is 8.76. The number of thiophene rings is 1. The maximum absolute atomic E-state index is 12.3. The van der Waals surface area contributed by atoms with Crippen molar-refractivity contribution in [3.63, 3.8) is 0 Å². The fraction of sp³-hybridized carbons (Fsp3) is 0.167. The number of halogens is 2. The maximum Gasteiger partial charge on any atom is 0.263 e. The Morgan fingerprint density at radius 1 is 1.26 bits per heavy atom. The van der Waals surface area contributed by atoms with Gasteiger partial charge in [0.25, 0.3) is 10.0 Å². The highest BCUT2D eigenvalue weighted by molar-refractivity contribution is 9.11. The van der Waals surface area contributed by atoms with Gasteiger partial charge in [0.05, 0.1) is 9.47 Å². The van der Waals surface area contributed by atoms with Crippen molar-refractivity contribution in [2.45, 2.75) is 18.7 Å². The lowest BCUT2D eigenvalue weighted by atomic mass is 10.2. The molecule has 0 radical (unpaired) electrons. The van der Waals surface area contributed by atoms with E-state index in [1.165, 1.54) is 11.3 Å². The molecule has 2 rings (SSSR count). The number of rotatable bonds is 3. The van der Waals surface area contributed by atoms with Crippen molar-refractivity contribution in [1.29, 1.82) is 0 Å². The fourth-order valence-electron chi connectivity index (χ4n) is 1.60. The molecule has 1 heterocycles. The molecule has 0 aliphatic heterocycles. The molecule has 1 aromatic heterocycles. The minimum atomic E-state index is -3.59. The van der Waals surface area contributed by atoms with Crippen LogP contribution >= 0.6 is 38.9 Å². The van der Waals surface area contributed by atoms with Gasteiger partial charge in [0.15, 0.2) is 0 Å². The molecule has 0 bridgehead atoms. The molecule has 0 saturated carbocycles. The molecule has 0 saturated heterocycles. The van der Waals surface area contributed by atoms with E-state index >= 15 is 0 Å². The first-order valence-electron chi connectivity index (χ1n) is 5.34. The highest BCUT2D eigenvalue weighted by Gasteiger charge is 2.20. The van der Waals surface area contributed by atoms with Gasteiger partial charge in [-0.1, -0.05) is 17.7 Å². The van der Waals surface area contributed by atoms with E-state index in [1.54, 1.807) is 31.2 Å². The minimum absolute atomic E-state index is 0.281. The minimum Gasteiger partial charge on any atom is -0.279 e. The Labute approximate surface area is 129 Å². The molecule has 0 atom stereocenters. The maximum atomic E-state index is 12.3. The van der Waals surface area contributed by atoms with Gasteiger partial charge in [0, 0.05) is 9.90 Å². The smallest absolute Gasteiger partial charge is 0.263 e. The van der Waals surface area contributed by atoms with Crippen molar-refractivity contribution >= 4 is 54.6 Å². The van der Waals surface area contributed by atoms with Crippen molar-refractivity contribution in [2.75, 3.05) is 4.72 Å². The van der Waals surface area contributed by atoms with Crippen molar-refractivity contribution in [3.8, 4) is 0 Å². The average molecular weight is 381 g/mol. The summed E-state index contributed by atoms with van der Waals surface area (Å²) in [6.07, 6.45) is 0. The Morgan fingerprint density at radius 2 is 1.95 bits per heavy atom. The van der Waals surface area contributed by atoms with Gasteiger partial charge >= 0.3 is 0 Å². The van der Waals surface area contributed by atoms with Crippen molar-refractivity contribution in [2.24, 2.45) is 0 Å². The van der Waals surface area contributed by atoms with E-state index in [0.29, 0.717) is 10.7 Å². The van der Waals surface area contributed by atoms with E-state index in [1.807, 2.05) is 6.92 Å². The first-order valence-corrected chi connectivity index (χ1v) is 8.81. The van der Waals surface area contributed by atoms with Crippen LogP contribution in [0.15, 0.2) is 32.9 Å². The molecule has 3 nitrogen and oxygen atoms in total. The normalized spacial score (nSPS) is 11.6. The Balaban J connectivity index is 2.42. The van der Waals surface area contributed by atoms with Crippen molar-refractivity contribution in [3.05, 3.63) is 43.5 Å². The molecular weight excluding hydrogens is 370 g/mol. The molecule has 102 valence electrons. The number of benzene rings is 1. The van der Waals surface area contributed by atoms with E-state index in [0.717, 1.165) is 14.2 Å². The molecule has 1 N–H and O–H groups in total. The molecule has 0 aliphatic carbocycles. The molecule has 1 aromatic carbocycles. The standard InChI is InChI=1S/C12H11BrClNO2S2/c1-7-3-4-9(14)5-10(7)15-19(16,17)11-6-12(13)18-8(11)2/h3-6,15H,1-2H3. The van der Waals surface area contributed by atoms with Crippen LogP contribution < -0.4 is 4.72 Å². The van der Waals surface area contributed by atoms with E-state index in [-0.39, 0.29) is 4.90 Å². The Morgan fingerprint density at radius 3 is 2.53 bits per heavy atom. The van der Waals surface area contributed by atoms with E-state index in [4.69, 9.17) is 11.6 Å². The first kappa shape index (κ1) is 14.8. The zero-order valence-electron chi connectivity index (χ0n) is 10.2. The molecular formula is C12H11BrClNO2S2. The highest BCUT2D eigenvalue weighted by atomic mass is 79.9. The van der Waals surface area contributed by atoms with Crippen molar-refractivity contribution < 1.29 is 8.42 Å². The lowest BCUT2D eigenvalue weighted by Crippen LogP contribution is -2.13. The van der Waals surface area contributed by atoms with Gasteiger partial charge < -0.3 is 0 Å². The third-order valence-corrected chi connectivity index (χ3v) is 5.99. The van der Waals surface area contributed by atoms with Crippen LogP contribution in [-0.2, 0) is 10.0 Å². The van der Waals surface area contributed by atoms with Crippen LogP contribution in [0.2, 0.25) is 5.02 Å². The van der Waals surface area contributed by atoms with Gasteiger partial charge in [0.1, 0.15) is 4.90 Å². The second kappa shape index (κ2) is 5.44. The number of hydrogen-bond donors (Lipinski definition) is 1. The van der Waals surface area contributed by atoms with Crippen LogP contribution in [0, 0.1) is 13.8 Å². The SMILES string of the molecule is Cc1ccc(Cl)cc1NS(=O)(=O)c1cc(Br)sc1C. The molecule has 0 unspecified atom stereocenters. The average Bonchev–Trinajstić information content (AvgIpc) is 2.63. The zero-order valence-corrected chi connectivity index (χ0v) is 14.2. The summed E-state index contributed by atoms with van der Waals surface area (Å²) in [5, 5.41) is 0.492. The van der Waals surface area contributed by atoms with E-state index in [2.05, 4.69) is 20.7 Å². The third-order valence-electron chi connectivity index (χ3n) is 2.58. The monoisotopic (exact) mass is 379 g/mol. The van der Waals surface area contributed by atoms with E-state index in [9.17, 15) is 8.42 Å². The predicted molar refractivity (Wildman–Crippen MR) is 83.8 cm³/mol. The lowest BCUT2D eigenvalue weighted by Gasteiger charge is -2.10. The summed E-state index contributed by atoms with van der Waals surface area (Å²) in [7, 11) is -3.59.